The Hall–Kier alpha value is -1.98. The minimum Gasteiger partial charge on any atom is -0.497 e. The lowest BCUT2D eigenvalue weighted by molar-refractivity contribution is 0.414. The second kappa shape index (κ2) is 7.15. The maximum Gasteiger partial charge on any atom is 0.129 e. The Bertz CT molecular complexity index is 567. The van der Waals surface area contributed by atoms with E-state index in [9.17, 15) is 8.78 Å². The first-order valence-corrected chi connectivity index (χ1v) is 6.66. The van der Waals surface area contributed by atoms with Crippen LogP contribution in [0.4, 0.5) is 8.78 Å². The summed E-state index contributed by atoms with van der Waals surface area (Å²) in [4.78, 5) is 0. The molecule has 0 spiro atoms. The van der Waals surface area contributed by atoms with E-state index in [4.69, 9.17) is 10.6 Å². The predicted octanol–water partition coefficient (Wildman–Crippen LogP) is 2.59. The lowest BCUT2D eigenvalue weighted by atomic mass is 9.98. The molecule has 3 N–H and O–H groups in total. The number of rotatable bonds is 6. The van der Waals surface area contributed by atoms with Gasteiger partial charge in [-0.25, -0.2) is 8.78 Å². The van der Waals surface area contributed by atoms with Gasteiger partial charge in [0.05, 0.1) is 7.11 Å². The molecule has 0 heterocycles. The number of halogens is 2. The van der Waals surface area contributed by atoms with Gasteiger partial charge in [-0.15, -0.1) is 0 Å². The van der Waals surface area contributed by atoms with Crippen molar-refractivity contribution in [2.45, 2.75) is 18.9 Å². The first-order valence-electron chi connectivity index (χ1n) is 6.66. The van der Waals surface area contributed by atoms with Gasteiger partial charge in [0.15, 0.2) is 0 Å². The zero-order chi connectivity index (χ0) is 15.2. The molecule has 0 radical (unpaired) electrons. The number of methoxy groups -OCH3 is 1. The van der Waals surface area contributed by atoms with E-state index in [-0.39, 0.29) is 18.0 Å². The van der Waals surface area contributed by atoms with Crippen LogP contribution in [0.3, 0.4) is 0 Å². The second-order valence-corrected chi connectivity index (χ2v) is 4.82. The van der Waals surface area contributed by atoms with Gasteiger partial charge in [0, 0.05) is 11.6 Å². The molecular weight excluding hydrogens is 274 g/mol. The highest BCUT2D eigenvalue weighted by molar-refractivity contribution is 5.28. The Morgan fingerprint density at radius 1 is 1.05 bits per heavy atom. The zero-order valence-corrected chi connectivity index (χ0v) is 11.8. The second-order valence-electron chi connectivity index (χ2n) is 4.82. The molecule has 0 bridgehead atoms. The SMILES string of the molecule is COc1ccc(CC(Cc2c(F)cccc2F)NN)cc1. The van der Waals surface area contributed by atoms with Crippen LogP contribution in [0, 0.1) is 11.6 Å². The zero-order valence-electron chi connectivity index (χ0n) is 11.8. The minimum absolute atomic E-state index is 0.0500. The average molecular weight is 292 g/mol. The number of nitrogens with two attached hydrogens (primary N) is 1. The molecule has 0 amide bonds. The lowest BCUT2D eigenvalue weighted by Crippen LogP contribution is -2.38. The van der Waals surface area contributed by atoms with Gasteiger partial charge < -0.3 is 4.74 Å². The van der Waals surface area contributed by atoms with Crippen LogP contribution in [0.1, 0.15) is 11.1 Å². The fourth-order valence-electron chi connectivity index (χ4n) is 2.21. The van der Waals surface area contributed by atoms with Gasteiger partial charge in [-0.3, -0.25) is 11.3 Å². The summed E-state index contributed by atoms with van der Waals surface area (Å²) in [5.41, 5.74) is 3.68. The van der Waals surface area contributed by atoms with Crippen LogP contribution in [0.15, 0.2) is 42.5 Å². The molecule has 0 saturated carbocycles. The van der Waals surface area contributed by atoms with Crippen LogP contribution in [0.25, 0.3) is 0 Å². The summed E-state index contributed by atoms with van der Waals surface area (Å²) in [5.74, 6) is 5.16. The van der Waals surface area contributed by atoms with Crippen LogP contribution in [0.5, 0.6) is 5.75 Å². The average Bonchev–Trinajstić information content (AvgIpc) is 2.50. The van der Waals surface area contributed by atoms with Crippen molar-refractivity contribution < 1.29 is 13.5 Å². The van der Waals surface area contributed by atoms with Crippen molar-refractivity contribution >= 4 is 0 Å². The number of benzene rings is 2. The summed E-state index contributed by atoms with van der Waals surface area (Å²) in [5, 5.41) is 0. The summed E-state index contributed by atoms with van der Waals surface area (Å²) < 4.78 is 32.4. The normalized spacial score (nSPS) is 12.2. The van der Waals surface area contributed by atoms with Crippen molar-refractivity contribution in [2.24, 2.45) is 5.84 Å². The summed E-state index contributed by atoms with van der Waals surface area (Å²) in [6, 6.07) is 11.1. The predicted molar refractivity (Wildman–Crippen MR) is 77.9 cm³/mol. The van der Waals surface area contributed by atoms with Crippen molar-refractivity contribution in [3.8, 4) is 5.75 Å². The van der Waals surface area contributed by atoms with Crippen LogP contribution in [-0.4, -0.2) is 13.2 Å². The largest absolute Gasteiger partial charge is 0.497 e. The Kier molecular flexibility index (Phi) is 5.25. The molecule has 0 aromatic heterocycles. The van der Waals surface area contributed by atoms with E-state index in [2.05, 4.69) is 5.43 Å². The van der Waals surface area contributed by atoms with Gasteiger partial charge in [0.1, 0.15) is 17.4 Å². The molecule has 2 rings (SSSR count). The van der Waals surface area contributed by atoms with E-state index in [0.717, 1.165) is 11.3 Å². The van der Waals surface area contributed by atoms with Gasteiger partial charge in [0.2, 0.25) is 0 Å². The highest BCUT2D eigenvalue weighted by Gasteiger charge is 2.15. The third-order valence-electron chi connectivity index (χ3n) is 3.39. The molecule has 3 nitrogen and oxygen atoms in total. The molecule has 2 aromatic carbocycles. The van der Waals surface area contributed by atoms with Crippen molar-refractivity contribution in [1.82, 2.24) is 5.43 Å². The summed E-state index contributed by atoms with van der Waals surface area (Å²) in [6.45, 7) is 0. The molecule has 21 heavy (non-hydrogen) atoms. The smallest absolute Gasteiger partial charge is 0.129 e. The van der Waals surface area contributed by atoms with Gasteiger partial charge >= 0.3 is 0 Å². The van der Waals surface area contributed by atoms with Crippen molar-refractivity contribution in [2.75, 3.05) is 7.11 Å². The van der Waals surface area contributed by atoms with Gasteiger partial charge in [-0.1, -0.05) is 18.2 Å². The Morgan fingerprint density at radius 3 is 2.19 bits per heavy atom. The molecule has 0 saturated heterocycles. The Balaban J connectivity index is 2.09. The summed E-state index contributed by atoms with van der Waals surface area (Å²) in [7, 11) is 1.60. The molecule has 2 aromatic rings. The highest BCUT2D eigenvalue weighted by Crippen LogP contribution is 2.17. The molecule has 0 fully saturated rings. The van der Waals surface area contributed by atoms with E-state index in [1.165, 1.54) is 18.2 Å². The number of ether oxygens (including phenoxy) is 1. The molecule has 112 valence electrons. The first kappa shape index (κ1) is 15.4. The first-order chi connectivity index (χ1) is 10.1. The number of hydrogen-bond donors (Lipinski definition) is 2. The topological polar surface area (TPSA) is 47.3 Å². The molecule has 0 aliphatic carbocycles. The fraction of sp³-hybridized carbons (Fsp3) is 0.250. The minimum atomic E-state index is -0.551. The molecule has 0 aliphatic rings. The fourth-order valence-corrected chi connectivity index (χ4v) is 2.21. The quantitative estimate of drug-likeness (QED) is 0.635. The van der Waals surface area contributed by atoms with Crippen molar-refractivity contribution in [3.05, 3.63) is 65.2 Å². The molecule has 5 heteroatoms. The van der Waals surface area contributed by atoms with E-state index < -0.39 is 11.6 Å². The van der Waals surface area contributed by atoms with E-state index in [1.807, 2.05) is 24.3 Å². The third kappa shape index (κ3) is 4.00. The summed E-state index contributed by atoms with van der Waals surface area (Å²) in [6.07, 6.45) is 0.745. The maximum absolute atomic E-state index is 13.7. The molecule has 0 aliphatic heterocycles. The highest BCUT2D eigenvalue weighted by atomic mass is 19.1. The van der Waals surface area contributed by atoms with Gasteiger partial charge in [0.25, 0.3) is 0 Å². The van der Waals surface area contributed by atoms with E-state index in [0.29, 0.717) is 6.42 Å². The third-order valence-corrected chi connectivity index (χ3v) is 3.39. The van der Waals surface area contributed by atoms with Crippen LogP contribution in [-0.2, 0) is 12.8 Å². The number of nitrogens with one attached hydrogen (secondary N) is 1. The maximum atomic E-state index is 13.7. The van der Waals surface area contributed by atoms with Crippen LogP contribution < -0.4 is 16.0 Å². The van der Waals surface area contributed by atoms with Gasteiger partial charge in [-0.05, 0) is 42.7 Å². The number of hydrazine groups is 1. The molecule has 1 atom stereocenters. The lowest BCUT2D eigenvalue weighted by Gasteiger charge is -2.17. The van der Waals surface area contributed by atoms with Gasteiger partial charge in [-0.2, -0.15) is 0 Å². The Labute approximate surface area is 122 Å². The van der Waals surface area contributed by atoms with Crippen LogP contribution >= 0.6 is 0 Å². The van der Waals surface area contributed by atoms with Crippen LogP contribution in [0.2, 0.25) is 0 Å². The van der Waals surface area contributed by atoms with E-state index in [1.54, 1.807) is 7.11 Å². The van der Waals surface area contributed by atoms with E-state index >= 15 is 0 Å². The monoisotopic (exact) mass is 292 g/mol. The van der Waals surface area contributed by atoms with Crippen molar-refractivity contribution in [1.29, 1.82) is 0 Å². The molecular formula is C16H18F2N2O. The standard InChI is InChI=1S/C16H18F2N2O/c1-21-13-7-5-11(6-8-13)9-12(20-19)10-14-15(17)3-2-4-16(14)18/h2-8,12,20H,9-10,19H2,1H3. The summed E-state index contributed by atoms with van der Waals surface area (Å²) >= 11 is 0. The number of hydrogen-bond acceptors (Lipinski definition) is 3. The molecule has 1 unspecified atom stereocenters. The Morgan fingerprint density at radius 2 is 1.67 bits per heavy atom. The van der Waals surface area contributed by atoms with Crippen molar-refractivity contribution in [3.63, 3.8) is 0 Å².